The van der Waals surface area contributed by atoms with Crippen LogP contribution in [0.1, 0.15) is 68.1 Å². The van der Waals surface area contributed by atoms with Gasteiger partial charge in [0.25, 0.3) is 0 Å². The van der Waals surface area contributed by atoms with Crippen LogP contribution in [0.15, 0.2) is 18.2 Å². The zero-order valence-electron chi connectivity index (χ0n) is 20.2. The fourth-order valence-electron chi connectivity index (χ4n) is 3.48. The molecule has 1 atom stereocenters. The van der Waals surface area contributed by atoms with Crippen LogP contribution in [0.5, 0.6) is 0 Å². The van der Waals surface area contributed by atoms with Crippen molar-refractivity contribution in [2.75, 3.05) is 20.2 Å². The predicted molar refractivity (Wildman–Crippen MR) is 122 cm³/mol. The summed E-state index contributed by atoms with van der Waals surface area (Å²) in [5.41, 5.74) is 0.660. The maximum atomic E-state index is 12.4. The fraction of sp³-hybridized carbons (Fsp3) is 0.565. The average Bonchev–Trinajstić information content (AvgIpc) is 2.76. The van der Waals surface area contributed by atoms with E-state index in [2.05, 4.69) is 10.6 Å². The molecule has 11 nitrogen and oxygen atoms in total. The molecule has 0 spiro atoms. The third kappa shape index (κ3) is 8.13. The number of hydrogen-bond donors (Lipinski definition) is 3. The van der Waals surface area contributed by atoms with Crippen LogP contribution in [0.2, 0.25) is 0 Å². The van der Waals surface area contributed by atoms with E-state index in [1.165, 1.54) is 12.0 Å². The van der Waals surface area contributed by atoms with Crippen LogP contribution in [-0.2, 0) is 20.8 Å². The van der Waals surface area contributed by atoms with Gasteiger partial charge in [-0.1, -0.05) is 12.1 Å². The van der Waals surface area contributed by atoms with E-state index in [9.17, 15) is 19.2 Å². The Morgan fingerprint density at radius 1 is 1.15 bits per heavy atom. The Balaban J connectivity index is 2.01. The zero-order chi connectivity index (χ0) is 25.5. The first-order chi connectivity index (χ1) is 15.9. The standard InChI is InChI=1S/C23H33N3O8/c1-14(33-21(29)25-16-8-10-26(11-9-16)22(30)31)17-7-6-15(12-18(17)19(27)32-5)13-24-20(28)34-23(2,3)4/h6-7,12,14,16H,8-11,13H2,1-5H3,(H,24,28)(H,25,29)(H,30,31). The number of hydrogen-bond acceptors (Lipinski definition) is 7. The molecule has 3 amide bonds. The van der Waals surface area contributed by atoms with Gasteiger partial charge in [0.05, 0.1) is 12.7 Å². The van der Waals surface area contributed by atoms with Crippen LogP contribution in [0.4, 0.5) is 14.4 Å². The number of likely N-dealkylation sites (tertiary alicyclic amines) is 1. The lowest BCUT2D eigenvalue weighted by atomic mass is 10.00. The smallest absolute Gasteiger partial charge is 0.407 e. The lowest BCUT2D eigenvalue weighted by Gasteiger charge is -2.30. The number of carboxylic acid groups (broad SMARTS) is 1. The maximum absolute atomic E-state index is 12.4. The van der Waals surface area contributed by atoms with Gasteiger partial charge in [0.1, 0.15) is 11.7 Å². The summed E-state index contributed by atoms with van der Waals surface area (Å²) < 4.78 is 15.5. The minimum absolute atomic E-state index is 0.129. The number of amides is 3. The molecular weight excluding hydrogens is 446 g/mol. The first kappa shape index (κ1) is 26.7. The van der Waals surface area contributed by atoms with Crippen molar-refractivity contribution in [1.82, 2.24) is 15.5 Å². The van der Waals surface area contributed by atoms with Crippen LogP contribution < -0.4 is 10.6 Å². The number of ether oxygens (including phenoxy) is 3. The van der Waals surface area contributed by atoms with Crippen LogP contribution in [0.3, 0.4) is 0 Å². The summed E-state index contributed by atoms with van der Waals surface area (Å²) in [7, 11) is 1.25. The van der Waals surface area contributed by atoms with Gasteiger partial charge in [0, 0.05) is 31.2 Å². The highest BCUT2D eigenvalue weighted by Gasteiger charge is 2.26. The quantitative estimate of drug-likeness (QED) is 0.416. The minimum Gasteiger partial charge on any atom is -0.465 e. The van der Waals surface area contributed by atoms with Gasteiger partial charge >= 0.3 is 24.2 Å². The van der Waals surface area contributed by atoms with E-state index in [0.29, 0.717) is 37.1 Å². The summed E-state index contributed by atoms with van der Waals surface area (Å²) in [5, 5.41) is 14.4. The normalized spacial score (nSPS) is 15.1. The van der Waals surface area contributed by atoms with Crippen molar-refractivity contribution in [1.29, 1.82) is 0 Å². The summed E-state index contributed by atoms with van der Waals surface area (Å²) >= 11 is 0. The van der Waals surface area contributed by atoms with Gasteiger partial charge in [0.2, 0.25) is 0 Å². The highest BCUT2D eigenvalue weighted by molar-refractivity contribution is 5.91. The lowest BCUT2D eigenvalue weighted by Crippen LogP contribution is -2.46. The summed E-state index contributed by atoms with van der Waals surface area (Å²) in [6.07, 6.45) is -2.01. The van der Waals surface area contributed by atoms with E-state index in [-0.39, 0.29) is 18.2 Å². The molecule has 188 valence electrons. The number of benzene rings is 1. The van der Waals surface area contributed by atoms with Crippen molar-refractivity contribution < 1.29 is 38.5 Å². The highest BCUT2D eigenvalue weighted by Crippen LogP contribution is 2.24. The number of piperidine rings is 1. The van der Waals surface area contributed by atoms with Gasteiger partial charge in [-0.15, -0.1) is 0 Å². The van der Waals surface area contributed by atoms with Gasteiger partial charge in [-0.05, 0) is 52.2 Å². The summed E-state index contributed by atoms with van der Waals surface area (Å²) in [6.45, 7) is 7.70. The molecule has 0 aromatic heterocycles. The molecule has 11 heteroatoms. The molecule has 1 saturated heterocycles. The van der Waals surface area contributed by atoms with Gasteiger partial charge in [-0.3, -0.25) is 0 Å². The Morgan fingerprint density at radius 2 is 1.79 bits per heavy atom. The van der Waals surface area contributed by atoms with Crippen LogP contribution >= 0.6 is 0 Å². The van der Waals surface area contributed by atoms with Crippen LogP contribution in [0.25, 0.3) is 0 Å². The summed E-state index contributed by atoms with van der Waals surface area (Å²) in [6, 6.07) is 4.72. The number of nitrogens with one attached hydrogen (secondary N) is 2. The SMILES string of the molecule is COC(=O)c1cc(CNC(=O)OC(C)(C)C)ccc1C(C)OC(=O)NC1CCN(C(=O)O)CC1. The molecule has 0 aliphatic carbocycles. The molecule has 0 radical (unpaired) electrons. The first-order valence-corrected chi connectivity index (χ1v) is 11.0. The van der Waals surface area contributed by atoms with Crippen molar-refractivity contribution in [3.05, 3.63) is 34.9 Å². The molecule has 1 heterocycles. The highest BCUT2D eigenvalue weighted by atomic mass is 16.6. The molecule has 1 aromatic carbocycles. The zero-order valence-corrected chi connectivity index (χ0v) is 20.2. The second-order valence-electron chi connectivity index (χ2n) is 9.00. The molecule has 2 rings (SSSR count). The molecule has 34 heavy (non-hydrogen) atoms. The van der Waals surface area contributed by atoms with Crippen molar-refractivity contribution in [3.63, 3.8) is 0 Å². The Morgan fingerprint density at radius 3 is 2.35 bits per heavy atom. The second kappa shape index (κ2) is 11.6. The third-order valence-corrected chi connectivity index (χ3v) is 5.17. The van der Waals surface area contributed by atoms with E-state index < -0.39 is 36.0 Å². The Hall–Kier alpha value is -3.50. The van der Waals surface area contributed by atoms with E-state index in [0.717, 1.165) is 0 Å². The van der Waals surface area contributed by atoms with Crippen LogP contribution in [0, 0.1) is 0 Å². The molecule has 3 N–H and O–H groups in total. The topological polar surface area (TPSA) is 144 Å². The van der Waals surface area contributed by atoms with E-state index in [4.69, 9.17) is 19.3 Å². The maximum Gasteiger partial charge on any atom is 0.407 e. The number of nitrogens with zero attached hydrogens (tertiary/aromatic N) is 1. The van der Waals surface area contributed by atoms with Gasteiger partial charge in [0.15, 0.2) is 0 Å². The van der Waals surface area contributed by atoms with Crippen molar-refractivity contribution in [2.45, 2.75) is 64.8 Å². The molecule has 1 aliphatic heterocycles. The molecule has 0 bridgehead atoms. The Bertz CT molecular complexity index is 904. The summed E-state index contributed by atoms with van der Waals surface area (Å²) in [5.74, 6) is -0.606. The van der Waals surface area contributed by atoms with E-state index in [1.807, 2.05) is 0 Å². The molecule has 0 saturated carbocycles. The first-order valence-electron chi connectivity index (χ1n) is 11.0. The second-order valence-corrected chi connectivity index (χ2v) is 9.00. The molecule has 1 aliphatic rings. The average molecular weight is 480 g/mol. The van der Waals surface area contributed by atoms with Gasteiger partial charge in [-0.2, -0.15) is 0 Å². The number of methoxy groups -OCH3 is 1. The largest absolute Gasteiger partial charge is 0.465 e. The van der Waals surface area contributed by atoms with Crippen molar-refractivity contribution >= 4 is 24.2 Å². The predicted octanol–water partition coefficient (Wildman–Crippen LogP) is 3.43. The van der Waals surface area contributed by atoms with Crippen LogP contribution in [-0.4, -0.2) is 66.1 Å². The monoisotopic (exact) mass is 479 g/mol. The number of esters is 1. The Kier molecular flexibility index (Phi) is 9.11. The molecule has 1 aromatic rings. The number of carbonyl (C=O) groups is 4. The van der Waals surface area contributed by atoms with Gasteiger partial charge < -0.3 is 34.9 Å². The molecular formula is C23H33N3O8. The Labute approximate surface area is 198 Å². The van der Waals surface area contributed by atoms with E-state index in [1.54, 1.807) is 45.9 Å². The minimum atomic E-state index is -0.977. The molecule has 1 fully saturated rings. The summed E-state index contributed by atoms with van der Waals surface area (Å²) in [4.78, 5) is 48.9. The van der Waals surface area contributed by atoms with Gasteiger partial charge in [-0.25, -0.2) is 19.2 Å². The number of carbonyl (C=O) groups excluding carboxylic acids is 3. The fourth-order valence-corrected chi connectivity index (χ4v) is 3.48. The van der Waals surface area contributed by atoms with E-state index >= 15 is 0 Å². The number of alkyl carbamates (subject to hydrolysis) is 2. The third-order valence-electron chi connectivity index (χ3n) is 5.17. The molecule has 1 unspecified atom stereocenters. The van der Waals surface area contributed by atoms with Crippen molar-refractivity contribution in [2.24, 2.45) is 0 Å². The van der Waals surface area contributed by atoms with Crippen molar-refractivity contribution in [3.8, 4) is 0 Å². The number of rotatable bonds is 6. The lowest BCUT2D eigenvalue weighted by molar-refractivity contribution is 0.0522.